The van der Waals surface area contributed by atoms with E-state index in [9.17, 15) is 19.5 Å². The number of carboxylic acids is 1. The van der Waals surface area contributed by atoms with E-state index in [0.29, 0.717) is 17.4 Å². The lowest BCUT2D eigenvalue weighted by Crippen LogP contribution is -2.44. The molecular formula is C74H127NO8. The largest absolute Gasteiger partial charge is 0.545 e. The second-order valence-corrected chi connectivity index (χ2v) is 23.7. The molecule has 83 heavy (non-hydrogen) atoms. The Morgan fingerprint density at radius 3 is 1.02 bits per heavy atom. The average molecular weight is 1160 g/mol. The average Bonchev–Trinajstić information content (AvgIpc) is 3.46. The van der Waals surface area contributed by atoms with Crippen molar-refractivity contribution in [2.45, 2.75) is 296 Å². The minimum absolute atomic E-state index is 0.144. The number of unbranched alkanes of at least 4 members (excludes halogenated alkanes) is 29. The molecule has 0 aliphatic carbocycles. The van der Waals surface area contributed by atoms with Gasteiger partial charge in [-0.25, -0.2) is 0 Å². The highest BCUT2D eigenvalue weighted by Gasteiger charge is 2.22. The second kappa shape index (κ2) is 64.0. The fourth-order valence-corrected chi connectivity index (χ4v) is 9.31. The van der Waals surface area contributed by atoms with Crippen molar-refractivity contribution in [1.82, 2.24) is 0 Å². The number of rotatable bonds is 62. The third-order valence-corrected chi connectivity index (χ3v) is 14.5. The molecule has 2 atom stereocenters. The molecule has 0 saturated carbocycles. The molecule has 476 valence electrons. The number of allylic oxidation sites excluding steroid dienone is 18. The maximum Gasteiger partial charge on any atom is 0.306 e. The molecule has 0 amide bonds. The van der Waals surface area contributed by atoms with Crippen LogP contribution in [-0.4, -0.2) is 82.3 Å². The van der Waals surface area contributed by atoms with E-state index in [0.717, 1.165) is 96.3 Å². The van der Waals surface area contributed by atoms with Crippen molar-refractivity contribution < 1.29 is 42.9 Å². The number of carbonyl (C=O) groups is 3. The number of hydrogen-bond donors (Lipinski definition) is 0. The van der Waals surface area contributed by atoms with Crippen molar-refractivity contribution in [3.63, 3.8) is 0 Å². The van der Waals surface area contributed by atoms with Gasteiger partial charge in [0.05, 0.1) is 40.3 Å². The first kappa shape index (κ1) is 79.0. The lowest BCUT2D eigenvalue weighted by atomic mass is 10.0. The Hall–Kier alpha value is -4.05. The first-order valence-electron chi connectivity index (χ1n) is 34.0. The topological polar surface area (TPSA) is 111 Å². The van der Waals surface area contributed by atoms with Gasteiger partial charge in [-0.05, 0) is 103 Å². The van der Waals surface area contributed by atoms with E-state index in [4.69, 9.17) is 18.9 Å². The van der Waals surface area contributed by atoms with Crippen LogP contribution < -0.4 is 5.11 Å². The summed E-state index contributed by atoms with van der Waals surface area (Å²) in [6, 6.07) is 0. The van der Waals surface area contributed by atoms with Gasteiger partial charge in [-0.1, -0.05) is 277 Å². The van der Waals surface area contributed by atoms with Crippen LogP contribution in [-0.2, 0) is 33.3 Å². The molecule has 0 aliphatic rings. The van der Waals surface area contributed by atoms with Crippen LogP contribution >= 0.6 is 0 Å². The van der Waals surface area contributed by atoms with Crippen molar-refractivity contribution in [3.8, 4) is 0 Å². The summed E-state index contributed by atoms with van der Waals surface area (Å²) in [6.07, 6.45) is 85.9. The summed E-state index contributed by atoms with van der Waals surface area (Å²) in [7, 11) is 5.93. The van der Waals surface area contributed by atoms with Gasteiger partial charge in [0.15, 0.2) is 12.4 Å². The van der Waals surface area contributed by atoms with E-state index in [-0.39, 0.29) is 38.6 Å². The molecule has 0 rings (SSSR count). The summed E-state index contributed by atoms with van der Waals surface area (Å²) < 4.78 is 22.8. The van der Waals surface area contributed by atoms with E-state index < -0.39 is 24.3 Å². The van der Waals surface area contributed by atoms with Gasteiger partial charge in [0.1, 0.15) is 13.2 Å². The minimum Gasteiger partial charge on any atom is -0.545 e. The van der Waals surface area contributed by atoms with Crippen molar-refractivity contribution >= 4 is 17.9 Å². The summed E-state index contributed by atoms with van der Waals surface area (Å²) in [4.78, 5) is 37.4. The molecule has 0 saturated heterocycles. The maximum absolute atomic E-state index is 12.9. The molecule has 0 aromatic rings. The summed E-state index contributed by atoms with van der Waals surface area (Å²) >= 11 is 0. The molecule has 0 aromatic heterocycles. The fourth-order valence-electron chi connectivity index (χ4n) is 9.31. The Morgan fingerprint density at radius 1 is 0.373 bits per heavy atom. The van der Waals surface area contributed by atoms with Crippen LogP contribution in [0, 0.1) is 0 Å². The Labute approximate surface area is 511 Å². The van der Waals surface area contributed by atoms with Crippen molar-refractivity contribution in [1.29, 1.82) is 0 Å². The number of carboxylic acid groups (broad SMARTS) is 1. The number of hydrogen-bond acceptors (Lipinski definition) is 8. The van der Waals surface area contributed by atoms with E-state index in [1.165, 1.54) is 154 Å². The van der Waals surface area contributed by atoms with Crippen molar-refractivity contribution in [2.75, 3.05) is 47.5 Å². The summed E-state index contributed by atoms with van der Waals surface area (Å²) in [5, 5.41) is 11.8. The zero-order valence-corrected chi connectivity index (χ0v) is 54.3. The normalized spacial score (nSPS) is 13.4. The van der Waals surface area contributed by atoms with Crippen LogP contribution in [0.15, 0.2) is 109 Å². The highest BCUT2D eigenvalue weighted by atomic mass is 16.7. The monoisotopic (exact) mass is 1160 g/mol. The molecule has 0 bridgehead atoms. The predicted octanol–water partition coefficient (Wildman–Crippen LogP) is 19.7. The van der Waals surface area contributed by atoms with Gasteiger partial charge in [-0.3, -0.25) is 9.59 Å². The number of esters is 2. The smallest absolute Gasteiger partial charge is 0.306 e. The molecule has 0 N–H and O–H groups in total. The van der Waals surface area contributed by atoms with Crippen LogP contribution in [0.2, 0.25) is 0 Å². The molecule has 0 aromatic carbocycles. The lowest BCUT2D eigenvalue weighted by Gasteiger charge is -2.26. The molecule has 9 heteroatoms. The van der Waals surface area contributed by atoms with Gasteiger partial charge in [0.25, 0.3) is 0 Å². The Kier molecular flexibility index (Phi) is 60.8. The third kappa shape index (κ3) is 65.3. The van der Waals surface area contributed by atoms with Gasteiger partial charge in [0, 0.05) is 12.8 Å². The summed E-state index contributed by atoms with van der Waals surface area (Å²) in [5.74, 6) is -2.28. The van der Waals surface area contributed by atoms with E-state index >= 15 is 0 Å². The molecule has 0 aliphatic heterocycles. The fraction of sp³-hybridized carbons (Fsp3) is 0.716. The highest BCUT2D eigenvalue weighted by molar-refractivity contribution is 5.70. The highest BCUT2D eigenvalue weighted by Crippen LogP contribution is 2.17. The molecule has 0 fully saturated rings. The zero-order chi connectivity index (χ0) is 60.5. The predicted molar refractivity (Wildman–Crippen MR) is 352 cm³/mol. The maximum atomic E-state index is 12.9. The number of aliphatic carboxylic acids is 1. The second-order valence-electron chi connectivity index (χ2n) is 23.7. The van der Waals surface area contributed by atoms with Crippen LogP contribution in [0.4, 0.5) is 0 Å². The lowest BCUT2D eigenvalue weighted by molar-refractivity contribution is -0.870. The zero-order valence-electron chi connectivity index (χ0n) is 54.3. The summed E-state index contributed by atoms with van der Waals surface area (Å²) in [6.45, 7) is 4.62. The quantitative estimate of drug-likeness (QED) is 0.0195. The third-order valence-electron chi connectivity index (χ3n) is 14.5. The molecular weight excluding hydrogens is 1030 g/mol. The van der Waals surface area contributed by atoms with Crippen LogP contribution in [0.5, 0.6) is 0 Å². The molecule has 9 nitrogen and oxygen atoms in total. The minimum atomic E-state index is -1.63. The van der Waals surface area contributed by atoms with Gasteiger partial charge >= 0.3 is 11.9 Å². The Bertz CT molecular complexity index is 1730. The van der Waals surface area contributed by atoms with Gasteiger partial charge < -0.3 is 33.3 Å². The number of ether oxygens (including phenoxy) is 4. The molecule has 0 heterocycles. The number of quaternary nitrogens is 1. The van der Waals surface area contributed by atoms with Crippen molar-refractivity contribution in [3.05, 3.63) is 109 Å². The van der Waals surface area contributed by atoms with Gasteiger partial charge in [-0.2, -0.15) is 0 Å². The number of likely N-dealkylation sites (N-methyl/N-ethyl adjacent to an activating group) is 1. The van der Waals surface area contributed by atoms with Crippen molar-refractivity contribution in [2.24, 2.45) is 0 Å². The van der Waals surface area contributed by atoms with Crippen LogP contribution in [0.25, 0.3) is 0 Å². The van der Waals surface area contributed by atoms with E-state index in [1.807, 2.05) is 21.1 Å². The molecule has 0 radical (unpaired) electrons. The standard InChI is InChI=1S/C74H127NO8/c1-6-8-10-12-14-16-18-20-22-24-26-27-28-29-30-31-32-33-34-35-36-37-38-39-40-41-42-43-44-45-47-49-51-53-55-57-59-61-63-65-72(77)83-70(69-82-74(73(78)79)80-67-66-75(3,4)5)68-81-71(76)64-62-60-58-56-54-52-50-48-46-25-23-21-19-17-15-13-11-9-7-2/h8,10,14-17,20-23,26-27,29-30,32-33,35-36,70,74H,6-7,9,11-13,18-19,24-25,28,31,34,37-69H2,1-5H3/b10-8-,16-14-,17-15-,22-20-,23-21-,27-26-,30-29-,33-32-,36-35-. The van der Waals surface area contributed by atoms with Gasteiger partial charge in [-0.15, -0.1) is 0 Å². The molecule has 2 unspecified atom stereocenters. The van der Waals surface area contributed by atoms with E-state index in [2.05, 4.69) is 123 Å². The number of nitrogens with zero attached hydrogens (tertiary/aromatic N) is 1. The Balaban J connectivity index is 4.07. The van der Waals surface area contributed by atoms with Crippen LogP contribution in [0.3, 0.4) is 0 Å². The number of carbonyl (C=O) groups excluding carboxylic acids is 3. The summed E-state index contributed by atoms with van der Waals surface area (Å²) in [5.41, 5.74) is 0. The van der Waals surface area contributed by atoms with E-state index in [1.54, 1.807) is 0 Å². The molecule has 0 spiro atoms. The first-order valence-corrected chi connectivity index (χ1v) is 34.0. The van der Waals surface area contributed by atoms with Crippen LogP contribution in [0.1, 0.15) is 284 Å². The SMILES string of the molecule is CC/C=C\C/C=C\C/C=C\C/C=C\C/C=C\C/C=C\C/C=C\CCCCCCCCCCCCCCCCCCCC(=O)OC(COC(=O)CCCCCCCCCCC/C=C\C/C=C\CCCCC)COC(OCC[N+](C)(C)C)C(=O)[O-]. The first-order chi connectivity index (χ1) is 40.6. The van der Waals surface area contributed by atoms with Gasteiger partial charge in [0.2, 0.25) is 0 Å². The Morgan fingerprint density at radius 2 is 0.687 bits per heavy atom.